The fourth-order valence-corrected chi connectivity index (χ4v) is 9.83. The Morgan fingerprint density at radius 3 is 1.18 bits per heavy atom. The van der Waals surface area contributed by atoms with E-state index in [4.69, 9.17) is 9.47 Å². The highest BCUT2D eigenvalue weighted by Gasteiger charge is 2.46. The van der Waals surface area contributed by atoms with E-state index in [2.05, 4.69) is 84.9 Å². The predicted octanol–water partition coefficient (Wildman–Crippen LogP) is 13.2. The molecule has 0 saturated carbocycles. The Balaban J connectivity index is 0.000000166. The number of fused-ring (bicyclic) bond motifs is 5. The first-order chi connectivity index (χ1) is 33.0. The molecule has 10 aromatic rings. The third-order valence-electron chi connectivity index (χ3n) is 12.7. The number of aromatic hydroxyl groups is 2. The third-order valence-corrected chi connectivity index (χ3v) is 12.7. The molecule has 0 aliphatic heterocycles. The van der Waals surface area contributed by atoms with Crippen LogP contribution in [-0.2, 0) is 5.41 Å². The van der Waals surface area contributed by atoms with E-state index in [1.54, 1.807) is 0 Å². The number of hydrogen-bond acceptors (Lipinski definition) is 6. The summed E-state index contributed by atoms with van der Waals surface area (Å²) in [5.41, 5.74) is 11.6. The zero-order chi connectivity index (χ0) is 45.7. The molecule has 1 aliphatic carbocycles. The number of phenols is 2. The Morgan fingerprint density at radius 2 is 0.746 bits per heavy atom. The van der Waals surface area contributed by atoms with Crippen LogP contribution in [0.25, 0.3) is 66.1 Å². The largest absolute Gasteiger partial charge is 0.507 e. The van der Waals surface area contributed by atoms with Crippen molar-refractivity contribution < 1.29 is 29.9 Å². The van der Waals surface area contributed by atoms with Gasteiger partial charge in [-0.3, -0.25) is 0 Å². The van der Waals surface area contributed by atoms with Crippen molar-refractivity contribution in [2.45, 2.75) is 5.41 Å². The average molecular weight is 877 g/mol. The van der Waals surface area contributed by atoms with Gasteiger partial charge in [0.15, 0.2) is 0 Å². The Bertz CT molecular complexity index is 3140. The summed E-state index contributed by atoms with van der Waals surface area (Å²) in [6.07, 6.45) is 0. The summed E-state index contributed by atoms with van der Waals surface area (Å²) in [5.74, 6) is 1.88. The van der Waals surface area contributed by atoms with E-state index in [1.807, 2.05) is 133 Å². The highest BCUT2D eigenvalue weighted by atomic mass is 16.5. The molecular formula is C61H48O6. The first kappa shape index (κ1) is 42.8. The number of benzene rings is 10. The normalized spacial score (nSPS) is 12.2. The summed E-state index contributed by atoms with van der Waals surface area (Å²) in [6, 6.07) is 73.3. The summed E-state index contributed by atoms with van der Waals surface area (Å²) in [5, 5.41) is 44.8. The minimum absolute atomic E-state index is 0.0598. The first-order valence-electron chi connectivity index (χ1n) is 22.5. The van der Waals surface area contributed by atoms with Gasteiger partial charge in [0, 0.05) is 22.3 Å². The second-order valence-electron chi connectivity index (χ2n) is 16.5. The molecule has 0 amide bonds. The van der Waals surface area contributed by atoms with Gasteiger partial charge >= 0.3 is 0 Å². The van der Waals surface area contributed by atoms with Crippen LogP contribution in [0.3, 0.4) is 0 Å². The van der Waals surface area contributed by atoms with Gasteiger partial charge in [-0.2, -0.15) is 0 Å². The molecule has 0 bridgehead atoms. The van der Waals surface area contributed by atoms with Crippen LogP contribution in [0.15, 0.2) is 218 Å². The molecular weight excluding hydrogens is 829 g/mol. The molecule has 0 aromatic heterocycles. The smallest absolute Gasteiger partial charge is 0.128 e. The summed E-state index contributed by atoms with van der Waals surface area (Å²) < 4.78 is 11.8. The number of ether oxygens (including phenoxy) is 2. The second-order valence-corrected chi connectivity index (χ2v) is 16.5. The first-order valence-corrected chi connectivity index (χ1v) is 22.5. The van der Waals surface area contributed by atoms with Crippen molar-refractivity contribution in [3.63, 3.8) is 0 Å². The van der Waals surface area contributed by atoms with Gasteiger partial charge in [0.05, 0.1) is 18.6 Å². The SMILES string of the molecule is OCCOc1ccc2ccccc2c1-c1c(OCCO)ccc2ccccc12.Oc1ccc(C2(c3ccc(O)c(-c4ccccc4)c3)c3ccccc3-c3ccccc32)cc1-c1ccccc1. The average Bonchev–Trinajstić information content (AvgIpc) is 3.69. The zero-order valence-electron chi connectivity index (χ0n) is 36.7. The molecule has 0 saturated heterocycles. The lowest BCUT2D eigenvalue weighted by Crippen LogP contribution is -2.28. The quantitative estimate of drug-likeness (QED) is 0.103. The van der Waals surface area contributed by atoms with Crippen molar-refractivity contribution in [3.8, 4) is 67.5 Å². The van der Waals surface area contributed by atoms with E-state index in [0.717, 1.165) is 66.1 Å². The second kappa shape index (κ2) is 18.7. The zero-order valence-corrected chi connectivity index (χ0v) is 36.7. The van der Waals surface area contributed by atoms with Crippen molar-refractivity contribution in [2.24, 2.45) is 0 Å². The van der Waals surface area contributed by atoms with Crippen LogP contribution in [0.4, 0.5) is 0 Å². The molecule has 0 atom stereocenters. The minimum Gasteiger partial charge on any atom is -0.507 e. The van der Waals surface area contributed by atoms with Crippen molar-refractivity contribution in [2.75, 3.05) is 26.4 Å². The van der Waals surface area contributed by atoms with Gasteiger partial charge in [0.1, 0.15) is 36.2 Å². The fourth-order valence-electron chi connectivity index (χ4n) is 9.83. The lowest BCUT2D eigenvalue weighted by molar-refractivity contribution is 0.200. The number of phenolic OH excluding ortho intramolecular Hbond substituents is 2. The van der Waals surface area contributed by atoms with Crippen LogP contribution in [0, 0.1) is 0 Å². The summed E-state index contributed by atoms with van der Waals surface area (Å²) in [6.45, 7) is 0.303. The van der Waals surface area contributed by atoms with Gasteiger partial charge in [0.25, 0.3) is 0 Å². The molecule has 10 aromatic carbocycles. The maximum atomic E-state index is 11.0. The highest BCUT2D eigenvalue weighted by molar-refractivity contribution is 6.09. The van der Waals surface area contributed by atoms with Crippen LogP contribution in [0.1, 0.15) is 22.3 Å². The van der Waals surface area contributed by atoms with E-state index >= 15 is 0 Å². The van der Waals surface area contributed by atoms with Crippen LogP contribution >= 0.6 is 0 Å². The molecule has 0 fully saturated rings. The Hall–Kier alpha value is -8.16. The topological polar surface area (TPSA) is 99.4 Å². The molecule has 11 rings (SSSR count). The van der Waals surface area contributed by atoms with Gasteiger partial charge in [-0.25, -0.2) is 0 Å². The molecule has 4 N–H and O–H groups in total. The Morgan fingerprint density at radius 1 is 0.358 bits per heavy atom. The van der Waals surface area contributed by atoms with E-state index in [1.165, 1.54) is 22.3 Å². The number of rotatable bonds is 11. The van der Waals surface area contributed by atoms with Crippen molar-refractivity contribution in [1.29, 1.82) is 0 Å². The van der Waals surface area contributed by atoms with Crippen LogP contribution in [0.2, 0.25) is 0 Å². The molecule has 1 aliphatic rings. The van der Waals surface area contributed by atoms with Gasteiger partial charge in [-0.15, -0.1) is 0 Å². The molecule has 0 radical (unpaired) electrons. The minimum atomic E-state index is -0.651. The van der Waals surface area contributed by atoms with E-state index in [0.29, 0.717) is 11.5 Å². The molecule has 0 spiro atoms. The van der Waals surface area contributed by atoms with E-state index in [-0.39, 0.29) is 37.9 Å². The number of aliphatic hydroxyl groups excluding tert-OH is 2. The highest BCUT2D eigenvalue weighted by Crippen LogP contribution is 2.57. The van der Waals surface area contributed by atoms with Crippen molar-refractivity contribution in [3.05, 3.63) is 241 Å². The van der Waals surface area contributed by atoms with Gasteiger partial charge in [-0.1, -0.05) is 182 Å². The van der Waals surface area contributed by atoms with Crippen LogP contribution < -0.4 is 9.47 Å². The molecule has 0 heterocycles. The molecule has 0 unspecified atom stereocenters. The lowest BCUT2D eigenvalue weighted by Gasteiger charge is -2.34. The third kappa shape index (κ3) is 7.82. The van der Waals surface area contributed by atoms with Crippen molar-refractivity contribution in [1.82, 2.24) is 0 Å². The molecule has 328 valence electrons. The predicted molar refractivity (Wildman–Crippen MR) is 270 cm³/mol. The van der Waals surface area contributed by atoms with Gasteiger partial charge in [-0.05, 0) is 102 Å². The monoisotopic (exact) mass is 876 g/mol. The Labute approximate surface area is 389 Å². The standard InChI is InChI=1S/C37H26O2.C24H22O4/c38-35-21-19-27(23-31(35)25-11-3-1-4-12-25)37(28-20-22-36(39)32(24-28)26-13-5-2-6-14-26)33-17-9-7-15-29(33)30-16-8-10-18-34(30)37;25-13-15-27-21-11-9-17-5-1-3-7-19(17)23(21)24-20-8-4-2-6-18(20)10-12-22(24)28-16-14-26/h1-24,38-39H;1-12,25-26H,13-16H2. The van der Waals surface area contributed by atoms with Gasteiger partial charge in [0.2, 0.25) is 0 Å². The number of hydrogen-bond donors (Lipinski definition) is 4. The molecule has 6 nitrogen and oxygen atoms in total. The Kier molecular flexibility index (Phi) is 12.0. The van der Waals surface area contributed by atoms with Crippen LogP contribution in [-0.4, -0.2) is 46.9 Å². The summed E-state index contributed by atoms with van der Waals surface area (Å²) in [4.78, 5) is 0. The summed E-state index contributed by atoms with van der Waals surface area (Å²) in [7, 11) is 0. The van der Waals surface area contributed by atoms with E-state index in [9.17, 15) is 20.4 Å². The van der Waals surface area contributed by atoms with Crippen molar-refractivity contribution >= 4 is 21.5 Å². The fraction of sp³-hybridized carbons (Fsp3) is 0.0820. The maximum Gasteiger partial charge on any atom is 0.128 e. The van der Waals surface area contributed by atoms with Crippen LogP contribution in [0.5, 0.6) is 23.0 Å². The maximum absolute atomic E-state index is 11.0. The van der Waals surface area contributed by atoms with E-state index < -0.39 is 5.41 Å². The summed E-state index contributed by atoms with van der Waals surface area (Å²) >= 11 is 0. The van der Waals surface area contributed by atoms with Gasteiger partial charge < -0.3 is 29.9 Å². The molecule has 67 heavy (non-hydrogen) atoms. The lowest BCUT2D eigenvalue weighted by atomic mass is 9.67. The number of aliphatic hydroxyl groups is 2. The molecule has 6 heteroatoms.